The number of carbonyl (C=O) groups is 1. The molecule has 0 bridgehead atoms. The van der Waals surface area contributed by atoms with Gasteiger partial charge in [0.1, 0.15) is 10.6 Å². The number of nitrogens with zero attached hydrogens (tertiary/aromatic N) is 2. The quantitative estimate of drug-likeness (QED) is 0.651. The van der Waals surface area contributed by atoms with Gasteiger partial charge in [-0.3, -0.25) is 4.79 Å². The molecule has 166 valence electrons. The Kier molecular flexibility index (Phi) is 6.55. The third-order valence-electron chi connectivity index (χ3n) is 6.14. The van der Waals surface area contributed by atoms with Crippen molar-refractivity contribution in [1.82, 2.24) is 9.21 Å². The molecule has 4 rings (SSSR count). The molecular formula is C23H27ClN2O4S. The Hall–Kier alpha value is -2.09. The molecule has 2 aromatic carbocycles. The number of amides is 1. The Morgan fingerprint density at radius 3 is 2.55 bits per heavy atom. The fourth-order valence-electron chi connectivity index (χ4n) is 4.48. The van der Waals surface area contributed by atoms with Crippen molar-refractivity contribution in [3.63, 3.8) is 0 Å². The van der Waals surface area contributed by atoms with Crippen LogP contribution in [0.3, 0.4) is 0 Å². The summed E-state index contributed by atoms with van der Waals surface area (Å²) < 4.78 is 33.1. The first kappa shape index (κ1) is 22.1. The minimum Gasteiger partial charge on any atom is -0.495 e. The average molecular weight is 463 g/mol. The number of benzene rings is 2. The summed E-state index contributed by atoms with van der Waals surface area (Å²) in [6.07, 6.45) is 4.18. The molecule has 2 fully saturated rings. The summed E-state index contributed by atoms with van der Waals surface area (Å²) in [7, 11) is -2.26. The molecule has 2 aliphatic rings. The highest BCUT2D eigenvalue weighted by Crippen LogP contribution is 2.32. The predicted molar refractivity (Wildman–Crippen MR) is 120 cm³/mol. The van der Waals surface area contributed by atoms with E-state index in [2.05, 4.69) is 0 Å². The van der Waals surface area contributed by atoms with Crippen LogP contribution in [0.25, 0.3) is 0 Å². The fraction of sp³-hybridized carbons (Fsp3) is 0.435. The lowest BCUT2D eigenvalue weighted by Gasteiger charge is -2.26. The predicted octanol–water partition coefficient (Wildman–Crippen LogP) is 3.98. The van der Waals surface area contributed by atoms with E-state index in [1.807, 2.05) is 29.2 Å². The Labute approximate surface area is 188 Å². The molecule has 0 aromatic heterocycles. The molecule has 0 aliphatic carbocycles. The van der Waals surface area contributed by atoms with Gasteiger partial charge in [0.15, 0.2) is 0 Å². The van der Waals surface area contributed by atoms with Crippen molar-refractivity contribution in [3.05, 3.63) is 58.6 Å². The highest BCUT2D eigenvalue weighted by molar-refractivity contribution is 7.89. The molecule has 0 saturated carbocycles. The van der Waals surface area contributed by atoms with E-state index in [9.17, 15) is 13.2 Å². The second-order valence-electron chi connectivity index (χ2n) is 8.07. The van der Waals surface area contributed by atoms with Crippen molar-refractivity contribution >= 4 is 27.5 Å². The van der Waals surface area contributed by atoms with Gasteiger partial charge in [0, 0.05) is 36.3 Å². The van der Waals surface area contributed by atoms with Crippen LogP contribution in [-0.2, 0) is 16.4 Å². The van der Waals surface area contributed by atoms with Gasteiger partial charge in [-0.2, -0.15) is 4.31 Å². The first-order valence-electron chi connectivity index (χ1n) is 10.6. The normalized spacial score (nSPS) is 19.7. The molecule has 1 unspecified atom stereocenters. The van der Waals surface area contributed by atoms with Gasteiger partial charge in [-0.15, -0.1) is 0 Å². The van der Waals surface area contributed by atoms with E-state index in [1.54, 1.807) is 12.1 Å². The number of halogens is 1. The molecule has 2 aromatic rings. The molecule has 2 saturated heterocycles. The van der Waals surface area contributed by atoms with Crippen LogP contribution in [0.4, 0.5) is 0 Å². The topological polar surface area (TPSA) is 66.9 Å². The van der Waals surface area contributed by atoms with E-state index < -0.39 is 10.0 Å². The van der Waals surface area contributed by atoms with Gasteiger partial charge in [-0.05, 0) is 61.9 Å². The van der Waals surface area contributed by atoms with Crippen LogP contribution < -0.4 is 4.74 Å². The number of likely N-dealkylation sites (tertiary alicyclic amines) is 1. The molecule has 2 heterocycles. The first-order chi connectivity index (χ1) is 14.9. The molecule has 0 spiro atoms. The van der Waals surface area contributed by atoms with Gasteiger partial charge in [0.2, 0.25) is 10.0 Å². The summed E-state index contributed by atoms with van der Waals surface area (Å²) in [6.45, 7) is 1.64. The van der Waals surface area contributed by atoms with Gasteiger partial charge in [-0.1, -0.05) is 29.8 Å². The zero-order chi connectivity index (χ0) is 22.0. The second kappa shape index (κ2) is 9.18. The summed E-state index contributed by atoms with van der Waals surface area (Å²) in [6, 6.07) is 12.4. The number of methoxy groups -OCH3 is 1. The smallest absolute Gasteiger partial charge is 0.254 e. The second-order valence-corrected chi connectivity index (χ2v) is 10.4. The molecular weight excluding hydrogens is 436 g/mol. The Balaban J connectivity index is 1.61. The van der Waals surface area contributed by atoms with Gasteiger partial charge >= 0.3 is 0 Å². The van der Waals surface area contributed by atoms with E-state index >= 15 is 0 Å². The van der Waals surface area contributed by atoms with Crippen molar-refractivity contribution in [2.45, 2.75) is 43.0 Å². The first-order valence-corrected chi connectivity index (χ1v) is 12.5. The number of hydrogen-bond acceptors (Lipinski definition) is 4. The minimum atomic E-state index is -3.71. The number of hydrogen-bond donors (Lipinski definition) is 0. The maximum atomic E-state index is 13.4. The molecule has 0 radical (unpaired) electrons. The summed E-state index contributed by atoms with van der Waals surface area (Å²) in [5.41, 5.74) is 1.38. The molecule has 8 heteroatoms. The number of carbonyl (C=O) groups excluding carboxylic acids is 1. The zero-order valence-electron chi connectivity index (χ0n) is 17.6. The lowest BCUT2D eigenvalue weighted by molar-refractivity contribution is 0.0736. The van der Waals surface area contributed by atoms with Gasteiger partial charge in [-0.25, -0.2) is 8.42 Å². The Morgan fingerprint density at radius 2 is 1.84 bits per heavy atom. The SMILES string of the molecule is COc1ccc(C(=O)N2CCCC2Cc2ccccc2Cl)cc1S(=O)(=O)N1CCCC1. The highest BCUT2D eigenvalue weighted by Gasteiger charge is 2.33. The van der Waals surface area contributed by atoms with Crippen LogP contribution in [0.5, 0.6) is 5.75 Å². The van der Waals surface area contributed by atoms with Crippen LogP contribution in [-0.4, -0.2) is 56.3 Å². The van der Waals surface area contributed by atoms with Gasteiger partial charge < -0.3 is 9.64 Å². The standard InChI is InChI=1S/C23H27ClN2O4S/c1-30-21-11-10-18(16-22(21)31(28,29)25-12-4-5-13-25)23(27)26-14-6-8-19(26)15-17-7-2-3-9-20(17)24/h2-3,7,9-11,16,19H,4-6,8,12-15H2,1H3. The van der Waals surface area contributed by atoms with E-state index in [1.165, 1.54) is 17.5 Å². The van der Waals surface area contributed by atoms with Gasteiger partial charge in [0.05, 0.1) is 7.11 Å². The van der Waals surface area contributed by atoms with Crippen molar-refractivity contribution < 1.29 is 17.9 Å². The molecule has 6 nitrogen and oxygen atoms in total. The number of ether oxygens (including phenoxy) is 1. The third kappa shape index (κ3) is 4.45. The van der Waals surface area contributed by atoms with E-state index in [0.29, 0.717) is 36.6 Å². The maximum Gasteiger partial charge on any atom is 0.254 e. The lowest BCUT2D eigenvalue weighted by Crippen LogP contribution is -2.37. The third-order valence-corrected chi connectivity index (χ3v) is 8.43. The number of sulfonamides is 1. The van der Waals surface area contributed by atoms with Crippen LogP contribution in [0.2, 0.25) is 5.02 Å². The van der Waals surface area contributed by atoms with E-state index in [0.717, 1.165) is 31.2 Å². The minimum absolute atomic E-state index is 0.0353. The zero-order valence-corrected chi connectivity index (χ0v) is 19.2. The molecule has 1 atom stereocenters. The maximum absolute atomic E-state index is 13.4. The van der Waals surface area contributed by atoms with Crippen LogP contribution in [0.15, 0.2) is 47.4 Å². The summed E-state index contributed by atoms with van der Waals surface area (Å²) in [5, 5.41) is 0.699. The lowest BCUT2D eigenvalue weighted by atomic mass is 10.0. The summed E-state index contributed by atoms with van der Waals surface area (Å²) >= 11 is 6.32. The average Bonchev–Trinajstić information content (AvgIpc) is 3.47. The molecule has 2 aliphatic heterocycles. The highest BCUT2D eigenvalue weighted by atomic mass is 35.5. The van der Waals surface area contributed by atoms with Crippen molar-refractivity contribution in [2.24, 2.45) is 0 Å². The Morgan fingerprint density at radius 1 is 1.10 bits per heavy atom. The molecule has 0 N–H and O–H groups in total. The van der Waals surface area contributed by atoms with Crippen molar-refractivity contribution in [2.75, 3.05) is 26.7 Å². The van der Waals surface area contributed by atoms with E-state index in [-0.39, 0.29) is 22.6 Å². The van der Waals surface area contributed by atoms with Crippen LogP contribution >= 0.6 is 11.6 Å². The van der Waals surface area contributed by atoms with Crippen molar-refractivity contribution in [3.8, 4) is 5.75 Å². The van der Waals surface area contributed by atoms with Crippen LogP contribution in [0.1, 0.15) is 41.6 Å². The molecule has 31 heavy (non-hydrogen) atoms. The molecule has 1 amide bonds. The Bertz CT molecular complexity index is 1070. The van der Waals surface area contributed by atoms with Gasteiger partial charge in [0.25, 0.3) is 5.91 Å². The fourth-order valence-corrected chi connectivity index (χ4v) is 6.39. The summed E-state index contributed by atoms with van der Waals surface area (Å²) in [5.74, 6) is 0.104. The number of rotatable bonds is 6. The van der Waals surface area contributed by atoms with Crippen molar-refractivity contribution in [1.29, 1.82) is 0 Å². The largest absolute Gasteiger partial charge is 0.495 e. The van der Waals surface area contributed by atoms with E-state index in [4.69, 9.17) is 16.3 Å². The monoisotopic (exact) mass is 462 g/mol. The summed E-state index contributed by atoms with van der Waals surface area (Å²) in [4.78, 5) is 15.3. The van der Waals surface area contributed by atoms with Crippen LogP contribution in [0, 0.1) is 0 Å².